The fraction of sp³-hybridized carbons (Fsp3) is 0.0625. The summed E-state index contributed by atoms with van der Waals surface area (Å²) in [4.78, 5) is 11.9. The van der Waals surface area contributed by atoms with Crippen LogP contribution in [0, 0.1) is 0 Å². The third-order valence-corrected chi connectivity index (χ3v) is 3.01. The molecule has 2 aromatic carbocycles. The number of carbonyl (C=O) groups excluding carboxylic acids is 1. The smallest absolute Gasteiger partial charge is 0.338 e. The van der Waals surface area contributed by atoms with Crippen molar-refractivity contribution >= 4 is 29.2 Å². The maximum atomic E-state index is 11.9. The third-order valence-electron chi connectivity index (χ3n) is 2.68. The monoisotopic (exact) mass is 272 g/mol. The van der Waals surface area contributed by atoms with E-state index < -0.39 is 5.97 Å². The Bertz CT molecular complexity index is 603. The number of rotatable bonds is 3. The van der Waals surface area contributed by atoms with E-state index in [0.717, 1.165) is 5.56 Å². The third kappa shape index (κ3) is 3.24. The Morgan fingerprint density at radius 2 is 1.68 bits per heavy atom. The van der Waals surface area contributed by atoms with Gasteiger partial charge >= 0.3 is 5.97 Å². The van der Waals surface area contributed by atoms with E-state index in [9.17, 15) is 4.79 Å². The number of hydrogen-bond donors (Lipinski definition) is 0. The predicted octanol–water partition coefficient (Wildman–Crippen LogP) is 4.05. The minimum Gasteiger partial charge on any atom is -0.465 e. The van der Waals surface area contributed by atoms with Gasteiger partial charge < -0.3 is 4.74 Å². The standard InChI is InChI=1S/C16H13ClO2/c1-19-16(18)14(11-12-7-3-2-4-8-12)13-9-5-6-10-15(13)17/h2-11H,1H3. The molecule has 0 aliphatic heterocycles. The van der Waals surface area contributed by atoms with Crippen LogP contribution in [0.3, 0.4) is 0 Å². The van der Waals surface area contributed by atoms with Gasteiger partial charge in [-0.1, -0.05) is 60.1 Å². The SMILES string of the molecule is COC(=O)C(=Cc1ccccc1)c1ccccc1Cl. The highest BCUT2D eigenvalue weighted by Crippen LogP contribution is 2.26. The Labute approximate surface area is 117 Å². The summed E-state index contributed by atoms with van der Waals surface area (Å²) in [5.41, 5.74) is 2.03. The van der Waals surface area contributed by atoms with Crippen LogP contribution < -0.4 is 0 Å². The first-order chi connectivity index (χ1) is 9.22. The van der Waals surface area contributed by atoms with Gasteiger partial charge in [-0.25, -0.2) is 4.79 Å². The van der Waals surface area contributed by atoms with Crippen molar-refractivity contribution in [2.24, 2.45) is 0 Å². The molecule has 0 spiro atoms. The molecule has 96 valence electrons. The first-order valence-electron chi connectivity index (χ1n) is 5.82. The molecule has 2 aromatic rings. The molecule has 0 bridgehead atoms. The molecule has 0 aromatic heterocycles. The Kier molecular flexibility index (Phi) is 4.37. The predicted molar refractivity (Wildman–Crippen MR) is 77.8 cm³/mol. The number of esters is 1. The van der Waals surface area contributed by atoms with Crippen molar-refractivity contribution in [3.05, 3.63) is 70.7 Å². The Balaban J connectivity index is 2.52. The topological polar surface area (TPSA) is 26.3 Å². The van der Waals surface area contributed by atoms with Crippen LogP contribution in [-0.4, -0.2) is 13.1 Å². The highest BCUT2D eigenvalue weighted by molar-refractivity contribution is 6.35. The van der Waals surface area contributed by atoms with Crippen LogP contribution in [0.1, 0.15) is 11.1 Å². The van der Waals surface area contributed by atoms with Crippen LogP contribution in [0.15, 0.2) is 54.6 Å². The molecule has 2 nitrogen and oxygen atoms in total. The molecule has 3 heteroatoms. The maximum absolute atomic E-state index is 11.9. The normalized spacial score (nSPS) is 11.2. The summed E-state index contributed by atoms with van der Waals surface area (Å²) >= 11 is 6.14. The van der Waals surface area contributed by atoms with Crippen LogP contribution in [0.25, 0.3) is 11.6 Å². The second-order valence-electron chi connectivity index (χ2n) is 3.94. The van der Waals surface area contributed by atoms with E-state index in [1.165, 1.54) is 7.11 Å². The second kappa shape index (κ2) is 6.21. The van der Waals surface area contributed by atoms with Gasteiger partial charge in [0.2, 0.25) is 0 Å². The minimum absolute atomic E-state index is 0.406. The molecule has 0 unspecified atom stereocenters. The quantitative estimate of drug-likeness (QED) is 0.479. The van der Waals surface area contributed by atoms with Gasteiger partial charge in [-0.3, -0.25) is 0 Å². The first-order valence-corrected chi connectivity index (χ1v) is 6.20. The van der Waals surface area contributed by atoms with Crippen LogP contribution in [-0.2, 0) is 9.53 Å². The van der Waals surface area contributed by atoms with E-state index in [1.807, 2.05) is 42.5 Å². The van der Waals surface area contributed by atoms with Crippen LogP contribution >= 0.6 is 11.6 Å². The molecule has 0 radical (unpaired) electrons. The van der Waals surface area contributed by atoms with E-state index in [2.05, 4.69) is 0 Å². The van der Waals surface area contributed by atoms with Crippen LogP contribution in [0.2, 0.25) is 5.02 Å². The van der Waals surface area contributed by atoms with Gasteiger partial charge in [0.25, 0.3) is 0 Å². The van der Waals surface area contributed by atoms with Crippen molar-refractivity contribution in [2.75, 3.05) is 7.11 Å². The van der Waals surface area contributed by atoms with Gasteiger partial charge in [0.05, 0.1) is 12.7 Å². The molecule has 0 amide bonds. The zero-order chi connectivity index (χ0) is 13.7. The fourth-order valence-corrected chi connectivity index (χ4v) is 1.99. The van der Waals surface area contributed by atoms with Gasteiger partial charge in [0.15, 0.2) is 0 Å². The second-order valence-corrected chi connectivity index (χ2v) is 4.35. The number of methoxy groups -OCH3 is 1. The van der Waals surface area contributed by atoms with Crippen molar-refractivity contribution in [1.29, 1.82) is 0 Å². The Morgan fingerprint density at radius 3 is 2.32 bits per heavy atom. The Hall–Kier alpha value is -2.06. The number of ether oxygens (including phenoxy) is 1. The number of carbonyl (C=O) groups is 1. The molecule has 0 aliphatic carbocycles. The summed E-state index contributed by atoms with van der Waals surface area (Å²) in [6.07, 6.45) is 1.77. The number of halogens is 1. The van der Waals surface area contributed by atoms with Gasteiger partial charge in [0.1, 0.15) is 0 Å². The molecular weight excluding hydrogens is 260 g/mol. The van der Waals surface area contributed by atoms with Crippen molar-refractivity contribution < 1.29 is 9.53 Å². The Morgan fingerprint density at radius 1 is 1.05 bits per heavy atom. The summed E-state index contributed by atoms with van der Waals surface area (Å²) in [5, 5.41) is 0.523. The fourth-order valence-electron chi connectivity index (χ4n) is 1.75. The summed E-state index contributed by atoms with van der Waals surface area (Å²) in [6, 6.07) is 16.8. The molecule has 19 heavy (non-hydrogen) atoms. The lowest BCUT2D eigenvalue weighted by Crippen LogP contribution is -2.04. The van der Waals surface area contributed by atoms with Crippen molar-refractivity contribution in [3.63, 3.8) is 0 Å². The molecule has 0 saturated carbocycles. The lowest BCUT2D eigenvalue weighted by Gasteiger charge is -2.08. The van der Waals surface area contributed by atoms with E-state index in [-0.39, 0.29) is 0 Å². The molecule has 2 rings (SSSR count). The van der Waals surface area contributed by atoms with Gasteiger partial charge in [-0.05, 0) is 17.7 Å². The zero-order valence-corrected chi connectivity index (χ0v) is 11.2. The van der Waals surface area contributed by atoms with E-state index in [4.69, 9.17) is 16.3 Å². The number of hydrogen-bond acceptors (Lipinski definition) is 2. The lowest BCUT2D eigenvalue weighted by molar-refractivity contribution is -0.133. The van der Waals surface area contributed by atoms with E-state index >= 15 is 0 Å². The van der Waals surface area contributed by atoms with Crippen molar-refractivity contribution in [3.8, 4) is 0 Å². The highest BCUT2D eigenvalue weighted by Gasteiger charge is 2.15. The largest absolute Gasteiger partial charge is 0.465 e. The average molecular weight is 273 g/mol. The average Bonchev–Trinajstić information content (AvgIpc) is 2.46. The molecule has 0 saturated heterocycles. The van der Waals surface area contributed by atoms with Gasteiger partial charge in [-0.15, -0.1) is 0 Å². The van der Waals surface area contributed by atoms with Crippen molar-refractivity contribution in [1.82, 2.24) is 0 Å². The highest BCUT2D eigenvalue weighted by atomic mass is 35.5. The lowest BCUT2D eigenvalue weighted by atomic mass is 10.0. The number of benzene rings is 2. The first kappa shape index (κ1) is 13.4. The summed E-state index contributed by atoms with van der Waals surface area (Å²) in [6.45, 7) is 0. The summed E-state index contributed by atoms with van der Waals surface area (Å²) in [5.74, 6) is -0.406. The summed E-state index contributed by atoms with van der Waals surface area (Å²) in [7, 11) is 1.36. The molecule has 0 heterocycles. The molecule has 0 N–H and O–H groups in total. The van der Waals surface area contributed by atoms with Crippen LogP contribution in [0.5, 0.6) is 0 Å². The van der Waals surface area contributed by atoms with Crippen LogP contribution in [0.4, 0.5) is 0 Å². The summed E-state index contributed by atoms with van der Waals surface area (Å²) < 4.78 is 4.83. The minimum atomic E-state index is -0.406. The van der Waals surface area contributed by atoms with Gasteiger partial charge in [-0.2, -0.15) is 0 Å². The molecular formula is C16H13ClO2. The molecule has 0 fully saturated rings. The van der Waals surface area contributed by atoms with E-state index in [0.29, 0.717) is 16.2 Å². The zero-order valence-electron chi connectivity index (χ0n) is 10.5. The molecule has 0 atom stereocenters. The van der Waals surface area contributed by atoms with E-state index in [1.54, 1.807) is 18.2 Å². The van der Waals surface area contributed by atoms with Gasteiger partial charge in [0, 0.05) is 10.6 Å². The van der Waals surface area contributed by atoms with Crippen molar-refractivity contribution in [2.45, 2.75) is 0 Å². The molecule has 0 aliphatic rings. The maximum Gasteiger partial charge on any atom is 0.338 e.